The van der Waals surface area contributed by atoms with Gasteiger partial charge in [0.1, 0.15) is 5.69 Å². The minimum atomic E-state index is -0.0826. The van der Waals surface area contributed by atoms with Gasteiger partial charge in [0.25, 0.3) is 5.91 Å². The Morgan fingerprint density at radius 2 is 1.73 bits per heavy atom. The molecule has 6 heteroatoms. The zero-order valence-corrected chi connectivity index (χ0v) is 13.7. The molecule has 2 heterocycles. The fraction of sp³-hybridized carbons (Fsp3) is 0.562. The first kappa shape index (κ1) is 16.3. The summed E-state index contributed by atoms with van der Waals surface area (Å²) in [5.74, 6) is -0.0256. The first-order valence-electron chi connectivity index (χ1n) is 7.55. The third kappa shape index (κ3) is 4.19. The first-order valence-corrected chi connectivity index (χ1v) is 7.55. The van der Waals surface area contributed by atoms with E-state index in [-0.39, 0.29) is 17.4 Å². The van der Waals surface area contributed by atoms with Crippen LogP contribution in [0.25, 0.3) is 0 Å². The summed E-state index contributed by atoms with van der Waals surface area (Å²) in [7, 11) is 0. The molecule has 0 aliphatic carbocycles. The number of pyridine rings is 1. The Balaban J connectivity index is 2.04. The molecule has 0 unspecified atom stereocenters. The maximum absolute atomic E-state index is 12.5. The smallest absolute Gasteiger partial charge is 0.272 e. The fourth-order valence-electron chi connectivity index (χ4n) is 2.44. The van der Waals surface area contributed by atoms with E-state index >= 15 is 0 Å². The molecule has 2 amide bonds. The summed E-state index contributed by atoms with van der Waals surface area (Å²) in [5.41, 5.74) is 1.24. The minimum absolute atomic E-state index is 0.0570. The molecule has 120 valence electrons. The second kappa shape index (κ2) is 6.34. The average molecular weight is 304 g/mol. The molecular weight excluding hydrogens is 280 g/mol. The molecule has 1 N–H and O–H groups in total. The van der Waals surface area contributed by atoms with Gasteiger partial charge in [-0.3, -0.25) is 14.6 Å². The van der Waals surface area contributed by atoms with Crippen LogP contribution in [0.3, 0.4) is 0 Å². The van der Waals surface area contributed by atoms with Crippen molar-refractivity contribution in [2.24, 2.45) is 0 Å². The SMILES string of the molecule is CC(=O)N1CCN(C(=O)c2cc(NC(C)(C)C)ccn2)CC1. The number of hydrogen-bond donors (Lipinski definition) is 1. The van der Waals surface area contributed by atoms with Crippen molar-refractivity contribution in [2.45, 2.75) is 33.2 Å². The number of anilines is 1. The van der Waals surface area contributed by atoms with E-state index < -0.39 is 0 Å². The van der Waals surface area contributed by atoms with E-state index in [1.54, 1.807) is 29.0 Å². The zero-order valence-electron chi connectivity index (χ0n) is 13.7. The third-order valence-electron chi connectivity index (χ3n) is 3.51. The van der Waals surface area contributed by atoms with Crippen LogP contribution in [0.2, 0.25) is 0 Å². The van der Waals surface area contributed by atoms with Gasteiger partial charge in [0.2, 0.25) is 5.91 Å². The van der Waals surface area contributed by atoms with Gasteiger partial charge < -0.3 is 15.1 Å². The van der Waals surface area contributed by atoms with Crippen molar-refractivity contribution in [1.82, 2.24) is 14.8 Å². The Bertz CT molecular complexity index is 558. The predicted octanol–water partition coefficient (Wildman–Crippen LogP) is 1.60. The highest BCUT2D eigenvalue weighted by Gasteiger charge is 2.24. The predicted molar refractivity (Wildman–Crippen MR) is 85.8 cm³/mol. The van der Waals surface area contributed by atoms with Crippen LogP contribution in [-0.2, 0) is 4.79 Å². The summed E-state index contributed by atoms with van der Waals surface area (Å²) < 4.78 is 0. The van der Waals surface area contributed by atoms with Crippen molar-refractivity contribution in [3.63, 3.8) is 0 Å². The Hall–Kier alpha value is -2.11. The lowest BCUT2D eigenvalue weighted by Gasteiger charge is -2.34. The van der Waals surface area contributed by atoms with Crippen molar-refractivity contribution in [1.29, 1.82) is 0 Å². The summed E-state index contributed by atoms with van der Waals surface area (Å²) in [6.07, 6.45) is 1.65. The standard InChI is InChI=1S/C16H24N4O2/c1-12(21)19-7-9-20(10-8-19)15(22)14-11-13(5-6-17-14)18-16(2,3)4/h5-6,11H,7-10H2,1-4H3,(H,17,18). The number of nitrogens with one attached hydrogen (secondary N) is 1. The van der Waals surface area contributed by atoms with Crippen LogP contribution < -0.4 is 5.32 Å². The summed E-state index contributed by atoms with van der Waals surface area (Å²) in [4.78, 5) is 31.5. The number of rotatable bonds is 2. The number of carbonyl (C=O) groups is 2. The van der Waals surface area contributed by atoms with Crippen molar-refractivity contribution >= 4 is 17.5 Å². The lowest BCUT2D eigenvalue weighted by Crippen LogP contribution is -2.50. The van der Waals surface area contributed by atoms with E-state index in [0.29, 0.717) is 31.9 Å². The summed E-state index contributed by atoms with van der Waals surface area (Å²) >= 11 is 0. The van der Waals surface area contributed by atoms with Gasteiger partial charge in [-0.25, -0.2) is 0 Å². The molecule has 1 fully saturated rings. The monoisotopic (exact) mass is 304 g/mol. The molecule has 2 rings (SSSR count). The summed E-state index contributed by atoms with van der Waals surface area (Å²) in [6, 6.07) is 3.64. The number of carbonyl (C=O) groups excluding carboxylic acids is 2. The average Bonchev–Trinajstić information content (AvgIpc) is 2.45. The molecule has 0 radical (unpaired) electrons. The molecule has 1 aliphatic rings. The van der Waals surface area contributed by atoms with Crippen molar-refractivity contribution in [3.8, 4) is 0 Å². The molecule has 0 atom stereocenters. The maximum Gasteiger partial charge on any atom is 0.272 e. The molecule has 6 nitrogen and oxygen atoms in total. The first-order chi connectivity index (χ1) is 10.3. The van der Waals surface area contributed by atoms with Crippen LogP contribution in [-0.4, -0.2) is 58.3 Å². The van der Waals surface area contributed by atoms with Crippen molar-refractivity contribution < 1.29 is 9.59 Å². The molecule has 1 saturated heterocycles. The molecule has 0 saturated carbocycles. The number of amides is 2. The molecule has 0 aromatic carbocycles. The molecule has 0 spiro atoms. The van der Waals surface area contributed by atoms with Crippen molar-refractivity contribution in [3.05, 3.63) is 24.0 Å². The molecule has 22 heavy (non-hydrogen) atoms. The normalized spacial score (nSPS) is 15.6. The quantitative estimate of drug-likeness (QED) is 0.901. The second-order valence-electron chi connectivity index (χ2n) is 6.60. The zero-order chi connectivity index (χ0) is 16.3. The lowest BCUT2D eigenvalue weighted by molar-refractivity contribution is -0.130. The van der Waals surface area contributed by atoms with E-state index in [4.69, 9.17) is 0 Å². The van der Waals surface area contributed by atoms with Crippen LogP contribution in [0.4, 0.5) is 5.69 Å². The molecule has 1 aliphatic heterocycles. The van der Waals surface area contributed by atoms with Crippen molar-refractivity contribution in [2.75, 3.05) is 31.5 Å². The summed E-state index contributed by atoms with van der Waals surface area (Å²) in [5, 5.41) is 3.34. The Morgan fingerprint density at radius 3 is 2.27 bits per heavy atom. The maximum atomic E-state index is 12.5. The van der Waals surface area contributed by atoms with Gasteiger partial charge in [-0.05, 0) is 32.9 Å². The van der Waals surface area contributed by atoms with E-state index in [2.05, 4.69) is 31.1 Å². The largest absolute Gasteiger partial charge is 0.380 e. The van der Waals surface area contributed by atoms with E-state index in [1.807, 2.05) is 6.07 Å². The Morgan fingerprint density at radius 1 is 1.14 bits per heavy atom. The van der Waals surface area contributed by atoms with Crippen LogP contribution in [0, 0.1) is 0 Å². The molecule has 1 aromatic rings. The van der Waals surface area contributed by atoms with Crippen LogP contribution in [0.15, 0.2) is 18.3 Å². The highest BCUT2D eigenvalue weighted by Crippen LogP contribution is 2.16. The van der Waals surface area contributed by atoms with Gasteiger partial charge in [0.15, 0.2) is 0 Å². The number of aromatic nitrogens is 1. The van der Waals surface area contributed by atoms with Crippen LogP contribution >= 0.6 is 0 Å². The van der Waals surface area contributed by atoms with E-state index in [0.717, 1.165) is 5.69 Å². The van der Waals surface area contributed by atoms with E-state index in [1.165, 1.54) is 0 Å². The number of hydrogen-bond acceptors (Lipinski definition) is 4. The van der Waals surface area contributed by atoms with Gasteiger partial charge in [0, 0.05) is 50.5 Å². The third-order valence-corrected chi connectivity index (χ3v) is 3.51. The van der Waals surface area contributed by atoms with Gasteiger partial charge in [-0.1, -0.05) is 0 Å². The Labute approximate surface area is 131 Å². The molecule has 1 aromatic heterocycles. The topological polar surface area (TPSA) is 65.5 Å². The fourth-order valence-corrected chi connectivity index (χ4v) is 2.44. The van der Waals surface area contributed by atoms with Gasteiger partial charge in [-0.2, -0.15) is 0 Å². The van der Waals surface area contributed by atoms with Crippen LogP contribution in [0.1, 0.15) is 38.2 Å². The highest BCUT2D eigenvalue weighted by molar-refractivity contribution is 5.93. The Kier molecular flexibility index (Phi) is 4.68. The van der Waals surface area contributed by atoms with E-state index in [9.17, 15) is 9.59 Å². The number of piperazine rings is 1. The highest BCUT2D eigenvalue weighted by atomic mass is 16.2. The molecular formula is C16H24N4O2. The van der Waals surface area contributed by atoms with Gasteiger partial charge in [-0.15, -0.1) is 0 Å². The second-order valence-corrected chi connectivity index (χ2v) is 6.60. The lowest BCUT2D eigenvalue weighted by atomic mass is 10.1. The molecule has 0 bridgehead atoms. The van der Waals surface area contributed by atoms with Crippen LogP contribution in [0.5, 0.6) is 0 Å². The summed E-state index contributed by atoms with van der Waals surface area (Å²) in [6.45, 7) is 10.0. The number of nitrogens with zero attached hydrogens (tertiary/aromatic N) is 3. The van der Waals surface area contributed by atoms with Gasteiger partial charge in [0.05, 0.1) is 0 Å². The van der Waals surface area contributed by atoms with Gasteiger partial charge >= 0.3 is 0 Å². The minimum Gasteiger partial charge on any atom is -0.380 e.